The number of unbranched alkanes of at least 4 members (excludes halogenated alkanes) is 2. The van der Waals surface area contributed by atoms with Gasteiger partial charge in [-0.15, -0.1) is 0 Å². The number of rotatable bonds is 8. The van der Waals surface area contributed by atoms with Crippen LogP contribution in [-0.4, -0.2) is 31.2 Å². The van der Waals surface area contributed by atoms with Crippen LogP contribution in [0.2, 0.25) is 8.87 Å². The second-order valence-corrected chi connectivity index (χ2v) is 12.3. The number of carbonyl (C=O) groups is 1. The first-order chi connectivity index (χ1) is 9.19. The van der Waals surface area contributed by atoms with Gasteiger partial charge in [0.25, 0.3) is 0 Å². The second kappa shape index (κ2) is 9.23. The molecule has 0 aromatic heterocycles. The molecule has 0 amide bonds. The fraction of sp³-hybridized carbons (Fsp3) is 0.533. The third-order valence-corrected chi connectivity index (χ3v) is 10.7. The maximum absolute atomic E-state index is 12.1. The Kier molecular flexibility index (Phi) is 7.94. The molecule has 0 fully saturated rings. The van der Waals surface area contributed by atoms with Crippen LogP contribution >= 0.6 is 0 Å². The molecule has 0 spiro atoms. The van der Waals surface area contributed by atoms with Crippen LogP contribution in [-0.2, 0) is 3.07 Å². The number of hydrogen-bond acceptors (Lipinski definition) is 3. The van der Waals surface area contributed by atoms with Crippen molar-refractivity contribution in [2.45, 2.75) is 48.4 Å². The number of phenols is 1. The number of carbonyl (C=O) groups excluding carboxylic acids is 1. The summed E-state index contributed by atoms with van der Waals surface area (Å²) in [5, 5.41) is 9.67. The summed E-state index contributed by atoms with van der Waals surface area (Å²) in [5.74, 6) is -0.311. The molecule has 1 aromatic rings. The van der Waals surface area contributed by atoms with Gasteiger partial charge < -0.3 is 0 Å². The predicted octanol–water partition coefficient (Wildman–Crippen LogP) is 3.87. The minimum absolute atomic E-state index is 0.0171. The van der Waals surface area contributed by atoms with Crippen molar-refractivity contribution in [3.8, 4) is 5.75 Å². The molecule has 0 aliphatic carbocycles. The van der Waals surface area contributed by atoms with Gasteiger partial charge in [0.1, 0.15) is 0 Å². The van der Waals surface area contributed by atoms with Crippen LogP contribution in [0.25, 0.3) is 0 Å². The van der Waals surface area contributed by atoms with Crippen LogP contribution in [0.15, 0.2) is 24.3 Å². The maximum atomic E-state index is 12.1. The molecular weight excluding hydrogens is 347 g/mol. The Balaban J connectivity index is 2.61. The summed E-state index contributed by atoms with van der Waals surface area (Å²) in [5.41, 5.74) is 0.303. The molecule has 1 N–H and O–H groups in total. The van der Waals surface area contributed by atoms with Gasteiger partial charge in [-0.2, -0.15) is 0 Å². The Labute approximate surface area is 123 Å². The van der Waals surface area contributed by atoms with Crippen molar-refractivity contribution in [1.29, 1.82) is 0 Å². The van der Waals surface area contributed by atoms with Crippen molar-refractivity contribution in [2.24, 2.45) is 0 Å². The van der Waals surface area contributed by atoms with Gasteiger partial charge in [-0.1, -0.05) is 0 Å². The molecule has 19 heavy (non-hydrogen) atoms. The van der Waals surface area contributed by atoms with Gasteiger partial charge in [-0.05, 0) is 0 Å². The average Bonchev–Trinajstić information content (AvgIpc) is 2.42. The van der Waals surface area contributed by atoms with Gasteiger partial charge in [0, 0.05) is 0 Å². The summed E-state index contributed by atoms with van der Waals surface area (Å²) in [7, 11) is 0. The van der Waals surface area contributed by atoms with Gasteiger partial charge in [-0.3, -0.25) is 0 Å². The zero-order valence-corrected chi connectivity index (χ0v) is 15.2. The third-order valence-electron chi connectivity index (χ3n) is 3.16. The Morgan fingerprint density at radius 3 is 2.26 bits per heavy atom. The van der Waals surface area contributed by atoms with Crippen molar-refractivity contribution >= 4 is 26.1 Å². The molecule has 1 aromatic carbocycles. The summed E-state index contributed by atoms with van der Waals surface area (Å²) < 4.78 is 7.95. The van der Waals surface area contributed by atoms with E-state index in [0.29, 0.717) is 5.56 Å². The Morgan fingerprint density at radius 2 is 1.74 bits per heavy atom. The van der Waals surface area contributed by atoms with Crippen molar-refractivity contribution in [2.75, 3.05) is 0 Å². The fourth-order valence-corrected chi connectivity index (χ4v) is 9.64. The van der Waals surface area contributed by atoms with Gasteiger partial charge >= 0.3 is 123 Å². The van der Waals surface area contributed by atoms with Crippen LogP contribution in [0.3, 0.4) is 0 Å². The van der Waals surface area contributed by atoms with Crippen molar-refractivity contribution in [1.82, 2.24) is 0 Å². The summed E-state index contributed by atoms with van der Waals surface area (Å²) in [4.78, 5) is 12.1. The monoisotopic (exact) mass is 372 g/mol. The van der Waals surface area contributed by atoms with E-state index in [1.165, 1.54) is 6.07 Å². The number of phenolic OH excluding ortho intramolecular Hbond substituents is 1. The first-order valence-electron chi connectivity index (χ1n) is 7.18. The standard InChI is InChI=1S/C7H6O3.2C4H9.Sn.H/c8-6-4-2-1-3-5(6)7(9)10;2*1-3-4-2;;/h1-4,8H,(H,9,10);2*1,3-4H2,2H3;;/q;;;+1;/p-1. The van der Waals surface area contributed by atoms with Gasteiger partial charge in [-0.25, -0.2) is 0 Å². The van der Waals surface area contributed by atoms with E-state index in [1.54, 1.807) is 18.2 Å². The zero-order valence-electron chi connectivity index (χ0n) is 11.9. The van der Waals surface area contributed by atoms with Crippen LogP contribution < -0.4 is 0 Å². The van der Waals surface area contributed by atoms with E-state index in [2.05, 4.69) is 13.8 Å². The summed E-state index contributed by atoms with van der Waals surface area (Å²) >= 11 is -2.22. The molecule has 0 aliphatic heterocycles. The number of para-hydroxylation sites is 1. The Bertz CT molecular complexity index is 385. The number of benzene rings is 1. The van der Waals surface area contributed by atoms with Crippen LogP contribution in [0.5, 0.6) is 5.75 Å². The second-order valence-electron chi connectivity index (χ2n) is 4.83. The number of hydrogen-bond donors (Lipinski definition) is 1. The molecule has 0 saturated heterocycles. The van der Waals surface area contributed by atoms with Crippen LogP contribution in [0, 0.1) is 0 Å². The first-order valence-corrected chi connectivity index (χ1v) is 13.2. The Morgan fingerprint density at radius 1 is 1.16 bits per heavy atom. The van der Waals surface area contributed by atoms with E-state index in [0.717, 1.165) is 34.6 Å². The van der Waals surface area contributed by atoms with Crippen molar-refractivity contribution < 1.29 is 13.0 Å². The normalized spacial score (nSPS) is 10.7. The van der Waals surface area contributed by atoms with Gasteiger partial charge in [0.2, 0.25) is 0 Å². The summed E-state index contributed by atoms with van der Waals surface area (Å²) in [6.07, 6.45) is 4.60. The van der Waals surface area contributed by atoms with Crippen molar-refractivity contribution in [3.05, 3.63) is 29.8 Å². The van der Waals surface area contributed by atoms with E-state index >= 15 is 0 Å². The van der Waals surface area contributed by atoms with E-state index in [1.807, 2.05) is 0 Å². The van der Waals surface area contributed by atoms with Gasteiger partial charge in [0.05, 0.1) is 0 Å². The van der Waals surface area contributed by atoms with Gasteiger partial charge in [0.15, 0.2) is 0 Å². The molecule has 0 radical (unpaired) electrons. The molecular formula is C15H24O3Sn. The van der Waals surface area contributed by atoms with E-state index in [4.69, 9.17) is 3.07 Å². The van der Waals surface area contributed by atoms with E-state index in [-0.39, 0.29) is 11.7 Å². The molecule has 0 atom stereocenters. The number of aromatic hydroxyl groups is 1. The minimum atomic E-state index is -2.22. The van der Waals surface area contributed by atoms with E-state index < -0.39 is 20.2 Å². The molecule has 0 bridgehead atoms. The summed E-state index contributed by atoms with van der Waals surface area (Å²) in [6, 6.07) is 6.61. The fourth-order valence-electron chi connectivity index (χ4n) is 1.99. The molecule has 0 unspecified atom stereocenters. The Hall–Kier alpha value is -0.711. The molecule has 1 rings (SSSR count). The summed E-state index contributed by atoms with van der Waals surface area (Å²) in [6.45, 7) is 4.32. The first kappa shape index (κ1) is 16.3. The van der Waals surface area contributed by atoms with E-state index in [9.17, 15) is 9.90 Å². The molecule has 4 heteroatoms. The third kappa shape index (κ3) is 5.85. The molecule has 3 nitrogen and oxygen atoms in total. The zero-order chi connectivity index (χ0) is 14.1. The van der Waals surface area contributed by atoms with Crippen LogP contribution in [0.1, 0.15) is 49.9 Å². The molecule has 0 aliphatic rings. The quantitative estimate of drug-likeness (QED) is 0.706. The predicted molar refractivity (Wildman–Crippen MR) is 80.1 cm³/mol. The molecule has 0 saturated carbocycles. The topological polar surface area (TPSA) is 46.5 Å². The van der Waals surface area contributed by atoms with Crippen LogP contribution in [0.4, 0.5) is 0 Å². The average molecular weight is 371 g/mol. The van der Waals surface area contributed by atoms with Crippen molar-refractivity contribution in [3.63, 3.8) is 0 Å². The SMILES string of the molecule is CCC[CH2][SnH]([CH2]CCC)[O]C(=O)c1ccccc1O. The molecule has 0 heterocycles. The molecule has 106 valence electrons.